The number of thiophene rings is 1. The first-order chi connectivity index (χ1) is 24.2. The largest absolute Gasteiger partial charge is 0.236 e. The Labute approximate surface area is 292 Å². The van der Waals surface area contributed by atoms with Gasteiger partial charge in [-0.2, -0.15) is 0 Å². The normalized spacial score (nSPS) is 11.7. The van der Waals surface area contributed by atoms with Crippen LogP contribution in [0.4, 0.5) is 0 Å². The van der Waals surface area contributed by atoms with Crippen LogP contribution in [0.3, 0.4) is 0 Å². The molecule has 0 saturated heterocycles. The molecule has 6 aromatic carbocycles. The number of para-hydroxylation sites is 2. The van der Waals surface area contributed by atoms with Crippen molar-refractivity contribution in [2.45, 2.75) is 0 Å². The first-order valence-corrected chi connectivity index (χ1v) is 18.3. The van der Waals surface area contributed by atoms with E-state index in [1.165, 1.54) is 20.2 Å². The molecule has 5 nitrogen and oxygen atoms in total. The summed E-state index contributed by atoms with van der Waals surface area (Å²) in [6.07, 6.45) is 0. The van der Waals surface area contributed by atoms with Gasteiger partial charge in [0.1, 0.15) is 10.0 Å². The second-order valence-corrected chi connectivity index (χ2v) is 14.9. The first kappa shape index (κ1) is 28.4. The van der Waals surface area contributed by atoms with E-state index in [9.17, 15) is 0 Å². The highest BCUT2D eigenvalue weighted by molar-refractivity contribution is 7.25. The Bertz CT molecular complexity index is 2690. The molecule has 0 atom stereocenters. The maximum absolute atomic E-state index is 5.17. The Morgan fingerprint density at radius 1 is 0.306 bits per heavy atom. The highest BCUT2D eigenvalue weighted by Crippen LogP contribution is 2.39. The number of hydrogen-bond acceptors (Lipinski definition) is 8. The number of thiazole rings is 2. The molecule has 49 heavy (non-hydrogen) atoms. The summed E-state index contributed by atoms with van der Waals surface area (Å²) in [5.41, 5.74) is 6.74. The second-order valence-electron chi connectivity index (χ2n) is 11.8. The van der Waals surface area contributed by atoms with Gasteiger partial charge in [-0.25, -0.2) is 24.9 Å². The van der Waals surface area contributed by atoms with Crippen LogP contribution in [0.5, 0.6) is 0 Å². The van der Waals surface area contributed by atoms with Crippen LogP contribution in [0.25, 0.3) is 95.9 Å². The van der Waals surface area contributed by atoms with Crippen molar-refractivity contribution in [1.29, 1.82) is 0 Å². The topological polar surface area (TPSA) is 64.5 Å². The fourth-order valence-corrected chi connectivity index (χ4v) is 9.20. The van der Waals surface area contributed by atoms with E-state index in [0.29, 0.717) is 17.5 Å². The van der Waals surface area contributed by atoms with E-state index < -0.39 is 0 Å². The van der Waals surface area contributed by atoms with Crippen molar-refractivity contribution >= 4 is 74.6 Å². The van der Waals surface area contributed by atoms with Gasteiger partial charge in [-0.3, -0.25) is 0 Å². The Morgan fingerprint density at radius 2 is 0.816 bits per heavy atom. The van der Waals surface area contributed by atoms with E-state index in [2.05, 4.69) is 97.1 Å². The molecular weight excluding hydrogens is 659 g/mol. The first-order valence-electron chi connectivity index (χ1n) is 15.8. The molecule has 10 rings (SSSR count). The smallest absolute Gasteiger partial charge is 0.164 e. The fourth-order valence-electron chi connectivity index (χ4n) is 6.21. The van der Waals surface area contributed by atoms with E-state index in [0.717, 1.165) is 58.3 Å². The van der Waals surface area contributed by atoms with Crippen LogP contribution < -0.4 is 0 Å². The summed E-state index contributed by atoms with van der Waals surface area (Å²) in [6, 6.07) is 48.2. The maximum Gasteiger partial charge on any atom is 0.164 e. The number of rotatable bonds is 5. The number of hydrogen-bond donors (Lipinski definition) is 0. The molecule has 0 fully saturated rings. The van der Waals surface area contributed by atoms with Gasteiger partial charge in [0.25, 0.3) is 0 Å². The van der Waals surface area contributed by atoms with Crippen molar-refractivity contribution in [1.82, 2.24) is 24.9 Å². The van der Waals surface area contributed by atoms with Crippen molar-refractivity contribution in [3.63, 3.8) is 0 Å². The molecule has 0 unspecified atom stereocenters. The van der Waals surface area contributed by atoms with Gasteiger partial charge in [0.05, 0.1) is 20.4 Å². The summed E-state index contributed by atoms with van der Waals surface area (Å²) in [5, 5.41) is 4.33. The summed E-state index contributed by atoms with van der Waals surface area (Å²) >= 11 is 5.18. The molecule has 0 aliphatic rings. The summed E-state index contributed by atoms with van der Waals surface area (Å²) in [4.78, 5) is 25.4. The molecule has 10 aromatic rings. The van der Waals surface area contributed by atoms with E-state index in [-0.39, 0.29) is 0 Å². The second kappa shape index (κ2) is 11.5. The van der Waals surface area contributed by atoms with Gasteiger partial charge in [0.2, 0.25) is 0 Å². The summed E-state index contributed by atoms with van der Waals surface area (Å²) in [5.74, 6) is 1.86. The summed E-state index contributed by atoms with van der Waals surface area (Å²) in [7, 11) is 0. The highest BCUT2D eigenvalue weighted by atomic mass is 32.1. The minimum atomic E-state index is 0.601. The van der Waals surface area contributed by atoms with Gasteiger partial charge in [0.15, 0.2) is 17.5 Å². The van der Waals surface area contributed by atoms with Crippen LogP contribution in [0, 0.1) is 0 Å². The zero-order chi connectivity index (χ0) is 32.3. The van der Waals surface area contributed by atoms with Gasteiger partial charge >= 0.3 is 0 Å². The zero-order valence-corrected chi connectivity index (χ0v) is 28.2. The van der Waals surface area contributed by atoms with Gasteiger partial charge in [0, 0.05) is 48.0 Å². The SMILES string of the molecule is c1ccc(-c2nc(-c3cc(-c4nc5ccccc5s4)cc(-c4nc5ccccc5s4)c3)nc(-c3ccc4sc5ccccc5c4c3)n2)cc1. The van der Waals surface area contributed by atoms with Crippen LogP contribution in [0.1, 0.15) is 0 Å². The highest BCUT2D eigenvalue weighted by Gasteiger charge is 2.18. The van der Waals surface area contributed by atoms with Gasteiger partial charge in [-0.1, -0.05) is 72.8 Å². The number of fused-ring (bicyclic) bond motifs is 5. The molecule has 4 aromatic heterocycles. The van der Waals surface area contributed by atoms with Crippen LogP contribution in [-0.4, -0.2) is 24.9 Å². The van der Waals surface area contributed by atoms with E-state index in [4.69, 9.17) is 24.9 Å². The average molecular weight is 682 g/mol. The predicted octanol–water partition coefficient (Wildman–Crippen LogP) is 11.8. The van der Waals surface area contributed by atoms with Gasteiger partial charge in [-0.15, -0.1) is 34.0 Å². The molecule has 0 bridgehead atoms. The number of nitrogens with zero attached hydrogens (tertiary/aromatic N) is 5. The lowest BCUT2D eigenvalue weighted by Gasteiger charge is -2.11. The molecule has 0 radical (unpaired) electrons. The van der Waals surface area contributed by atoms with Gasteiger partial charge < -0.3 is 0 Å². The van der Waals surface area contributed by atoms with Crippen LogP contribution in [-0.2, 0) is 0 Å². The summed E-state index contributed by atoms with van der Waals surface area (Å²) < 4.78 is 4.81. The predicted molar refractivity (Wildman–Crippen MR) is 206 cm³/mol. The third-order valence-electron chi connectivity index (χ3n) is 8.58. The van der Waals surface area contributed by atoms with Crippen molar-refractivity contribution in [3.05, 3.63) is 140 Å². The zero-order valence-electron chi connectivity index (χ0n) is 25.7. The molecule has 0 aliphatic carbocycles. The average Bonchev–Trinajstić information content (AvgIpc) is 3.90. The third kappa shape index (κ3) is 5.09. The third-order valence-corrected chi connectivity index (χ3v) is 11.9. The molecule has 0 amide bonds. The van der Waals surface area contributed by atoms with E-state index >= 15 is 0 Å². The van der Waals surface area contributed by atoms with Crippen LogP contribution in [0.2, 0.25) is 0 Å². The Balaban J connectivity index is 1.20. The Kier molecular flexibility index (Phi) is 6.65. The van der Waals surface area contributed by atoms with Crippen LogP contribution >= 0.6 is 34.0 Å². The minimum Gasteiger partial charge on any atom is -0.236 e. The Hall–Kier alpha value is -5.67. The fraction of sp³-hybridized carbons (Fsp3) is 0. The van der Waals surface area contributed by atoms with Crippen molar-refractivity contribution in [2.75, 3.05) is 0 Å². The molecule has 0 spiro atoms. The lowest BCUT2D eigenvalue weighted by molar-refractivity contribution is 1.07. The van der Waals surface area contributed by atoms with Gasteiger partial charge in [-0.05, 0) is 66.7 Å². The molecule has 0 N–H and O–H groups in total. The van der Waals surface area contributed by atoms with E-state index in [1.54, 1.807) is 34.0 Å². The van der Waals surface area contributed by atoms with Crippen molar-refractivity contribution < 1.29 is 0 Å². The molecule has 8 heteroatoms. The standard InChI is InChI=1S/C41H23N5S3/c1-2-10-24(11-3-1)37-44-38(25-18-19-34-30(23-25)29-12-4-7-15-33(29)47-34)46-39(45-37)26-20-27(40-42-31-13-5-8-16-35(31)48-40)22-28(21-26)41-43-32-14-6-9-17-36(32)49-41/h1-23H. The van der Waals surface area contributed by atoms with Crippen LogP contribution in [0.15, 0.2) is 140 Å². The van der Waals surface area contributed by atoms with Crippen molar-refractivity contribution in [3.8, 4) is 55.3 Å². The van der Waals surface area contributed by atoms with E-state index in [1.807, 2.05) is 42.5 Å². The molecule has 230 valence electrons. The van der Waals surface area contributed by atoms with Crippen molar-refractivity contribution in [2.24, 2.45) is 0 Å². The lowest BCUT2D eigenvalue weighted by atomic mass is 10.0. The minimum absolute atomic E-state index is 0.601. The lowest BCUT2D eigenvalue weighted by Crippen LogP contribution is -2.00. The Morgan fingerprint density at radius 3 is 1.47 bits per heavy atom. The summed E-state index contributed by atoms with van der Waals surface area (Å²) in [6.45, 7) is 0. The molecule has 0 saturated carbocycles. The quantitative estimate of drug-likeness (QED) is 0.181. The molecule has 4 heterocycles. The molecule has 0 aliphatic heterocycles. The molecular formula is C41H23N5S3. The maximum atomic E-state index is 5.17. The monoisotopic (exact) mass is 681 g/mol. The number of aromatic nitrogens is 5. The number of benzene rings is 6.